The average molecular weight is 352 g/mol. The van der Waals surface area contributed by atoms with Crippen LogP contribution in [0.3, 0.4) is 0 Å². The van der Waals surface area contributed by atoms with E-state index in [9.17, 15) is 4.79 Å². The van der Waals surface area contributed by atoms with Gasteiger partial charge in [0.25, 0.3) is 5.91 Å². The lowest BCUT2D eigenvalue weighted by molar-refractivity contribution is 0.0886. The van der Waals surface area contributed by atoms with E-state index >= 15 is 0 Å². The molecule has 0 saturated heterocycles. The molecule has 2 N–H and O–H groups in total. The van der Waals surface area contributed by atoms with Crippen LogP contribution in [0.5, 0.6) is 0 Å². The van der Waals surface area contributed by atoms with Crippen molar-refractivity contribution in [3.05, 3.63) is 58.5 Å². The number of furan rings is 1. The first kappa shape index (κ1) is 17.3. The summed E-state index contributed by atoms with van der Waals surface area (Å²) in [5, 5.41) is 7.02. The van der Waals surface area contributed by atoms with Crippen LogP contribution in [0, 0.1) is 13.8 Å². The molecule has 0 bridgehead atoms. The summed E-state index contributed by atoms with van der Waals surface area (Å²) in [4.78, 5) is 12.5. The molecule has 1 aromatic carbocycles. The molecular weight excluding hydrogens is 324 g/mol. The maximum Gasteiger partial charge on any atom is 0.255 e. The van der Waals surface area contributed by atoms with Crippen molar-refractivity contribution in [2.45, 2.75) is 70.5 Å². The van der Waals surface area contributed by atoms with Crippen molar-refractivity contribution in [1.29, 1.82) is 0 Å². The molecule has 2 aliphatic rings. The highest BCUT2D eigenvalue weighted by Crippen LogP contribution is 2.26. The minimum atomic E-state index is -0.0101. The molecule has 0 aliphatic heterocycles. The zero-order valence-corrected chi connectivity index (χ0v) is 15.7. The summed E-state index contributed by atoms with van der Waals surface area (Å²) in [7, 11) is 0. The Hall–Kier alpha value is -2.07. The van der Waals surface area contributed by atoms with E-state index in [2.05, 4.69) is 34.9 Å². The van der Waals surface area contributed by atoms with E-state index in [1.807, 2.05) is 19.9 Å². The fourth-order valence-electron chi connectivity index (χ4n) is 4.29. The van der Waals surface area contributed by atoms with Gasteiger partial charge in [0.1, 0.15) is 11.5 Å². The first-order valence-electron chi connectivity index (χ1n) is 9.81. The maximum atomic E-state index is 12.5. The molecular formula is C22H28N2O2. The van der Waals surface area contributed by atoms with Crippen molar-refractivity contribution in [3.8, 4) is 0 Å². The summed E-state index contributed by atoms with van der Waals surface area (Å²) in [6.07, 6.45) is 6.82. The quantitative estimate of drug-likeness (QED) is 0.825. The number of aryl methyl sites for hydroxylation is 4. The predicted octanol–water partition coefficient (Wildman–Crippen LogP) is 3.69. The second-order valence-corrected chi connectivity index (χ2v) is 7.80. The van der Waals surface area contributed by atoms with Crippen LogP contribution in [0.15, 0.2) is 34.7 Å². The number of fused-ring (bicyclic) bond motifs is 1. The van der Waals surface area contributed by atoms with E-state index in [1.54, 1.807) is 0 Å². The predicted molar refractivity (Wildman–Crippen MR) is 102 cm³/mol. The number of carbonyl (C=O) groups excluding carboxylic acids is 1. The van der Waals surface area contributed by atoms with Gasteiger partial charge in [-0.15, -0.1) is 0 Å². The number of carbonyl (C=O) groups is 1. The third kappa shape index (κ3) is 3.56. The highest BCUT2D eigenvalue weighted by molar-refractivity contribution is 5.95. The Labute approximate surface area is 155 Å². The number of hydrogen-bond donors (Lipinski definition) is 2. The van der Waals surface area contributed by atoms with E-state index in [0.29, 0.717) is 23.4 Å². The fourth-order valence-corrected chi connectivity index (χ4v) is 4.29. The number of amides is 1. The van der Waals surface area contributed by atoms with Gasteiger partial charge in [0.2, 0.25) is 0 Å². The molecule has 4 rings (SSSR count). The van der Waals surface area contributed by atoms with Crippen LogP contribution < -0.4 is 10.6 Å². The Morgan fingerprint density at radius 3 is 2.19 bits per heavy atom. The Morgan fingerprint density at radius 2 is 1.65 bits per heavy atom. The Bertz CT molecular complexity index is 768. The molecule has 4 nitrogen and oxygen atoms in total. The molecule has 1 aromatic heterocycles. The van der Waals surface area contributed by atoms with Crippen molar-refractivity contribution < 1.29 is 9.21 Å². The fraction of sp³-hybridized carbons (Fsp3) is 0.500. The topological polar surface area (TPSA) is 54.3 Å². The van der Waals surface area contributed by atoms with Gasteiger partial charge in [-0.25, -0.2) is 0 Å². The maximum absolute atomic E-state index is 12.5. The van der Waals surface area contributed by atoms with Crippen molar-refractivity contribution >= 4 is 5.91 Å². The third-order valence-electron chi connectivity index (χ3n) is 5.97. The molecule has 2 aliphatic carbocycles. The van der Waals surface area contributed by atoms with Gasteiger partial charge in [0.05, 0.1) is 5.56 Å². The largest absolute Gasteiger partial charge is 0.466 e. The Balaban J connectivity index is 1.32. The minimum Gasteiger partial charge on any atom is -0.466 e. The molecule has 1 heterocycles. The Morgan fingerprint density at radius 1 is 1.00 bits per heavy atom. The SMILES string of the molecule is Cc1cc(C(=O)N[C@H]2CC[C@H]2NC2CCc3ccccc3CC2)c(C)o1. The lowest BCUT2D eigenvalue weighted by Gasteiger charge is -2.40. The molecule has 1 fully saturated rings. The molecule has 0 radical (unpaired) electrons. The van der Waals surface area contributed by atoms with Gasteiger partial charge in [-0.05, 0) is 69.6 Å². The first-order chi connectivity index (χ1) is 12.6. The summed E-state index contributed by atoms with van der Waals surface area (Å²) in [5.74, 6) is 1.48. The number of rotatable bonds is 4. The van der Waals surface area contributed by atoms with Crippen LogP contribution in [-0.2, 0) is 12.8 Å². The summed E-state index contributed by atoms with van der Waals surface area (Å²) in [5.41, 5.74) is 3.67. The van der Waals surface area contributed by atoms with Crippen molar-refractivity contribution in [2.24, 2.45) is 0 Å². The summed E-state index contributed by atoms with van der Waals surface area (Å²) >= 11 is 0. The second kappa shape index (κ2) is 7.28. The molecule has 0 unspecified atom stereocenters. The van der Waals surface area contributed by atoms with Gasteiger partial charge in [0.15, 0.2) is 0 Å². The lowest BCUT2D eigenvalue weighted by atomic mass is 9.85. The van der Waals surface area contributed by atoms with Crippen LogP contribution in [0.1, 0.15) is 58.7 Å². The van der Waals surface area contributed by atoms with Crippen LogP contribution in [-0.4, -0.2) is 24.0 Å². The van der Waals surface area contributed by atoms with E-state index in [0.717, 1.165) is 31.4 Å². The van der Waals surface area contributed by atoms with Crippen molar-refractivity contribution in [2.75, 3.05) is 0 Å². The molecule has 0 spiro atoms. The molecule has 26 heavy (non-hydrogen) atoms. The monoisotopic (exact) mass is 352 g/mol. The van der Waals surface area contributed by atoms with Crippen molar-refractivity contribution in [3.63, 3.8) is 0 Å². The van der Waals surface area contributed by atoms with Gasteiger partial charge in [-0.2, -0.15) is 0 Å². The molecule has 2 atom stereocenters. The molecule has 4 heteroatoms. The van der Waals surface area contributed by atoms with Crippen molar-refractivity contribution in [1.82, 2.24) is 10.6 Å². The normalized spacial score (nSPS) is 23.0. The molecule has 138 valence electrons. The molecule has 1 saturated carbocycles. The zero-order chi connectivity index (χ0) is 18.1. The Kier molecular flexibility index (Phi) is 4.86. The van der Waals surface area contributed by atoms with Gasteiger partial charge in [0, 0.05) is 18.1 Å². The highest BCUT2D eigenvalue weighted by Gasteiger charge is 2.34. The molecule has 2 aromatic rings. The summed E-state index contributed by atoms with van der Waals surface area (Å²) in [6, 6.07) is 11.8. The highest BCUT2D eigenvalue weighted by atomic mass is 16.3. The zero-order valence-electron chi connectivity index (χ0n) is 15.7. The van der Waals surface area contributed by atoms with Gasteiger partial charge in [-0.1, -0.05) is 24.3 Å². The van der Waals surface area contributed by atoms with Gasteiger partial charge in [-0.3, -0.25) is 4.79 Å². The second-order valence-electron chi connectivity index (χ2n) is 7.80. The molecule has 1 amide bonds. The van der Waals surface area contributed by atoms with Gasteiger partial charge >= 0.3 is 0 Å². The van der Waals surface area contributed by atoms with Crippen LogP contribution in [0.4, 0.5) is 0 Å². The lowest BCUT2D eigenvalue weighted by Crippen LogP contribution is -2.59. The van der Waals surface area contributed by atoms with E-state index in [-0.39, 0.29) is 11.9 Å². The summed E-state index contributed by atoms with van der Waals surface area (Å²) in [6.45, 7) is 3.73. The smallest absolute Gasteiger partial charge is 0.255 e. The minimum absolute atomic E-state index is 0.0101. The number of nitrogens with one attached hydrogen (secondary N) is 2. The third-order valence-corrected chi connectivity index (χ3v) is 5.97. The first-order valence-corrected chi connectivity index (χ1v) is 9.81. The van der Waals surface area contributed by atoms with Crippen LogP contribution in [0.25, 0.3) is 0 Å². The van der Waals surface area contributed by atoms with Crippen LogP contribution in [0.2, 0.25) is 0 Å². The summed E-state index contributed by atoms with van der Waals surface area (Å²) < 4.78 is 5.49. The average Bonchev–Trinajstić information content (AvgIpc) is 2.84. The number of benzene rings is 1. The van der Waals surface area contributed by atoms with Crippen LogP contribution >= 0.6 is 0 Å². The van der Waals surface area contributed by atoms with E-state index < -0.39 is 0 Å². The van der Waals surface area contributed by atoms with E-state index in [1.165, 1.54) is 24.0 Å². The van der Waals surface area contributed by atoms with Gasteiger partial charge < -0.3 is 15.1 Å². The number of hydrogen-bond acceptors (Lipinski definition) is 3. The van der Waals surface area contributed by atoms with E-state index in [4.69, 9.17) is 4.42 Å². The standard InChI is InChI=1S/C22H28N2O2/c1-14-13-19(15(2)26-14)22(25)24-21-12-11-20(21)23-18-9-7-16-5-3-4-6-17(16)8-10-18/h3-6,13,18,20-21,23H,7-12H2,1-2H3,(H,24,25)/t20-,21+/m1/s1.